The Morgan fingerprint density at radius 2 is 2.15 bits per heavy atom. The van der Waals surface area contributed by atoms with Gasteiger partial charge in [-0.15, -0.1) is 0 Å². The molecule has 3 aliphatic heterocycles. The van der Waals surface area contributed by atoms with Crippen molar-refractivity contribution in [1.29, 1.82) is 0 Å². The van der Waals surface area contributed by atoms with Crippen LogP contribution >= 0.6 is 11.6 Å². The summed E-state index contributed by atoms with van der Waals surface area (Å²) in [6.45, 7) is 5.18. The van der Waals surface area contributed by atoms with Gasteiger partial charge in [0, 0.05) is 26.2 Å². The molecular formula is C19H20ClN3O3. The minimum atomic E-state index is -0.970. The highest BCUT2D eigenvalue weighted by molar-refractivity contribution is 6.30. The molecule has 1 aromatic heterocycles. The molecule has 0 aliphatic carbocycles. The Morgan fingerprint density at radius 3 is 3.00 bits per heavy atom. The summed E-state index contributed by atoms with van der Waals surface area (Å²) < 4.78 is 18.2. The van der Waals surface area contributed by atoms with Crippen LogP contribution in [0.2, 0.25) is 5.02 Å². The van der Waals surface area contributed by atoms with Crippen molar-refractivity contribution in [3.8, 4) is 11.5 Å². The van der Waals surface area contributed by atoms with Crippen LogP contribution in [-0.2, 0) is 10.5 Å². The highest BCUT2D eigenvalue weighted by Gasteiger charge is 2.44. The zero-order valence-corrected chi connectivity index (χ0v) is 15.2. The first-order chi connectivity index (χ1) is 12.6. The first-order valence-electron chi connectivity index (χ1n) is 8.85. The third-order valence-corrected chi connectivity index (χ3v) is 5.50. The van der Waals surface area contributed by atoms with Crippen LogP contribution in [-0.4, -0.2) is 43.4 Å². The van der Waals surface area contributed by atoms with Crippen molar-refractivity contribution >= 4 is 17.3 Å². The Balaban J connectivity index is 1.50. The van der Waals surface area contributed by atoms with Gasteiger partial charge in [-0.05, 0) is 24.3 Å². The molecule has 0 bridgehead atoms. The molecular weight excluding hydrogens is 354 g/mol. The average Bonchev–Trinajstić information content (AvgIpc) is 3.25. The summed E-state index contributed by atoms with van der Waals surface area (Å²) in [5, 5.41) is 4.12. The number of aromatic nitrogens is 1. The van der Waals surface area contributed by atoms with Gasteiger partial charge in [-0.25, -0.2) is 0 Å². The number of nitrogens with zero attached hydrogens (tertiary/aromatic N) is 2. The highest BCUT2D eigenvalue weighted by Crippen LogP contribution is 2.49. The van der Waals surface area contributed by atoms with E-state index < -0.39 is 5.79 Å². The van der Waals surface area contributed by atoms with E-state index in [0.29, 0.717) is 22.8 Å². The number of anilines is 1. The maximum Gasteiger partial charge on any atom is 0.292 e. The van der Waals surface area contributed by atoms with Gasteiger partial charge in [0.2, 0.25) is 0 Å². The van der Waals surface area contributed by atoms with E-state index in [1.165, 1.54) is 0 Å². The number of nitrogens with one attached hydrogen (secondary N) is 1. The average molecular weight is 374 g/mol. The van der Waals surface area contributed by atoms with E-state index in [9.17, 15) is 0 Å². The Bertz CT molecular complexity index is 831. The predicted octanol–water partition coefficient (Wildman–Crippen LogP) is 2.56. The molecule has 3 unspecified atom stereocenters. The Hall–Kier alpha value is -2.02. The number of fused-ring (bicyclic) bond motifs is 2. The molecule has 2 aromatic rings. The molecule has 5 rings (SSSR count). The molecule has 136 valence electrons. The molecule has 1 aromatic carbocycles. The van der Waals surface area contributed by atoms with Crippen LogP contribution in [0.3, 0.4) is 0 Å². The molecule has 6 nitrogen and oxygen atoms in total. The number of hydrogen-bond acceptors (Lipinski definition) is 6. The van der Waals surface area contributed by atoms with Gasteiger partial charge in [-0.1, -0.05) is 17.7 Å². The fraction of sp³-hybridized carbons (Fsp3) is 0.421. The molecule has 7 heteroatoms. The lowest BCUT2D eigenvalue weighted by Crippen LogP contribution is -2.57. The summed E-state index contributed by atoms with van der Waals surface area (Å²) in [5.74, 6) is 0.526. The second kappa shape index (κ2) is 6.01. The van der Waals surface area contributed by atoms with Crippen LogP contribution in [0.1, 0.15) is 12.6 Å². The van der Waals surface area contributed by atoms with E-state index in [0.717, 1.165) is 43.5 Å². The van der Waals surface area contributed by atoms with Crippen molar-refractivity contribution in [2.24, 2.45) is 0 Å². The standard InChI is InChI=1S/C19H20ClN3O3/c1-19(17-6-5-12(20)9-22-17)25-16-4-2-3-14(18(16)26-19)23-8-7-21-13-10-24-11-15(13)23/h2-6,9,13,15,21H,7-8,10-11H2,1H3. The lowest BCUT2D eigenvalue weighted by Gasteiger charge is -2.39. The molecule has 2 fully saturated rings. The van der Waals surface area contributed by atoms with Crippen LogP contribution in [0.4, 0.5) is 5.69 Å². The molecule has 3 aliphatic rings. The molecule has 0 saturated carbocycles. The predicted molar refractivity (Wildman–Crippen MR) is 98.0 cm³/mol. The third-order valence-electron chi connectivity index (χ3n) is 5.27. The summed E-state index contributed by atoms with van der Waals surface area (Å²) >= 11 is 5.96. The topological polar surface area (TPSA) is 55.9 Å². The maximum atomic E-state index is 6.32. The molecule has 0 amide bonds. The van der Waals surface area contributed by atoms with Crippen LogP contribution in [0.5, 0.6) is 11.5 Å². The van der Waals surface area contributed by atoms with Gasteiger partial charge in [0.1, 0.15) is 5.69 Å². The number of piperazine rings is 1. The van der Waals surface area contributed by atoms with E-state index in [1.54, 1.807) is 12.3 Å². The van der Waals surface area contributed by atoms with Gasteiger partial charge in [-0.2, -0.15) is 0 Å². The normalized spacial score (nSPS) is 29.7. The lowest BCUT2D eigenvalue weighted by molar-refractivity contribution is -0.0716. The van der Waals surface area contributed by atoms with Crippen LogP contribution < -0.4 is 19.7 Å². The van der Waals surface area contributed by atoms with Crippen molar-refractivity contribution in [3.63, 3.8) is 0 Å². The Labute approximate surface area is 157 Å². The van der Waals surface area contributed by atoms with Gasteiger partial charge in [0.15, 0.2) is 11.5 Å². The van der Waals surface area contributed by atoms with Gasteiger partial charge < -0.3 is 24.4 Å². The van der Waals surface area contributed by atoms with E-state index >= 15 is 0 Å². The zero-order chi connectivity index (χ0) is 17.7. The number of hydrogen-bond donors (Lipinski definition) is 1. The maximum absolute atomic E-state index is 6.32. The fourth-order valence-corrected chi connectivity index (χ4v) is 4.08. The van der Waals surface area contributed by atoms with Crippen LogP contribution in [0.25, 0.3) is 0 Å². The molecule has 3 atom stereocenters. The molecule has 26 heavy (non-hydrogen) atoms. The molecule has 0 radical (unpaired) electrons. The number of para-hydroxylation sites is 1. The molecule has 2 saturated heterocycles. The van der Waals surface area contributed by atoms with Crippen molar-refractivity contribution < 1.29 is 14.2 Å². The molecule has 0 spiro atoms. The van der Waals surface area contributed by atoms with Crippen LogP contribution in [0, 0.1) is 0 Å². The largest absolute Gasteiger partial charge is 0.443 e. The van der Waals surface area contributed by atoms with Crippen LogP contribution in [0.15, 0.2) is 36.5 Å². The van der Waals surface area contributed by atoms with Crippen molar-refractivity contribution in [2.75, 3.05) is 31.2 Å². The minimum Gasteiger partial charge on any atom is -0.443 e. The smallest absolute Gasteiger partial charge is 0.292 e. The number of benzene rings is 1. The number of halogens is 1. The van der Waals surface area contributed by atoms with Gasteiger partial charge >= 0.3 is 0 Å². The van der Waals surface area contributed by atoms with Gasteiger partial charge in [-0.3, -0.25) is 4.98 Å². The Morgan fingerprint density at radius 1 is 1.23 bits per heavy atom. The SMILES string of the molecule is CC1(c2ccc(Cl)cn2)Oc2cccc(N3CCNC4COCC43)c2O1. The second-order valence-electron chi connectivity index (χ2n) is 6.97. The fourth-order valence-electron chi connectivity index (χ4n) is 3.97. The van der Waals surface area contributed by atoms with Crippen molar-refractivity contribution in [3.05, 3.63) is 47.2 Å². The summed E-state index contributed by atoms with van der Waals surface area (Å²) in [4.78, 5) is 6.76. The molecule has 4 heterocycles. The number of pyridine rings is 1. The van der Waals surface area contributed by atoms with E-state index in [1.807, 2.05) is 25.1 Å². The van der Waals surface area contributed by atoms with Gasteiger partial charge in [0.25, 0.3) is 5.79 Å². The second-order valence-corrected chi connectivity index (χ2v) is 7.41. The highest BCUT2D eigenvalue weighted by atomic mass is 35.5. The number of ether oxygens (including phenoxy) is 3. The first kappa shape index (κ1) is 16.2. The Kier molecular flexibility index (Phi) is 3.74. The van der Waals surface area contributed by atoms with Crippen molar-refractivity contribution in [1.82, 2.24) is 10.3 Å². The summed E-state index contributed by atoms with van der Waals surface area (Å²) in [5.41, 5.74) is 1.73. The third kappa shape index (κ3) is 2.52. The first-order valence-corrected chi connectivity index (χ1v) is 9.23. The summed E-state index contributed by atoms with van der Waals surface area (Å²) in [7, 11) is 0. The van der Waals surface area contributed by atoms with Crippen molar-refractivity contribution in [2.45, 2.75) is 24.8 Å². The monoisotopic (exact) mass is 373 g/mol. The van der Waals surface area contributed by atoms with E-state index in [4.69, 9.17) is 25.8 Å². The minimum absolute atomic E-state index is 0.305. The number of rotatable bonds is 2. The zero-order valence-electron chi connectivity index (χ0n) is 14.4. The summed E-state index contributed by atoms with van der Waals surface area (Å²) in [6, 6.07) is 10.3. The lowest BCUT2D eigenvalue weighted by atomic mass is 10.1. The molecule has 1 N–H and O–H groups in total. The summed E-state index contributed by atoms with van der Waals surface area (Å²) in [6.07, 6.45) is 1.61. The van der Waals surface area contributed by atoms with Gasteiger partial charge in [0.05, 0.1) is 36.0 Å². The quantitative estimate of drug-likeness (QED) is 0.873. The van der Waals surface area contributed by atoms with E-state index in [-0.39, 0.29) is 0 Å². The van der Waals surface area contributed by atoms with E-state index in [2.05, 4.69) is 21.3 Å².